The lowest BCUT2D eigenvalue weighted by atomic mass is 9.77. The van der Waals surface area contributed by atoms with Gasteiger partial charge in [0.25, 0.3) is 0 Å². The smallest absolute Gasteiger partial charge is 0.0279 e. The zero-order valence-corrected chi connectivity index (χ0v) is 13.2. The summed E-state index contributed by atoms with van der Waals surface area (Å²) in [7, 11) is 0. The fraction of sp³-hybridized carbons (Fsp3) is 0.667. The minimum Gasteiger partial charge on any atom is -0.271 e. The van der Waals surface area contributed by atoms with E-state index in [2.05, 4.69) is 50.5 Å². The van der Waals surface area contributed by atoms with Crippen LogP contribution in [0.2, 0.25) is 0 Å². The van der Waals surface area contributed by atoms with Crippen LogP contribution in [0.15, 0.2) is 24.3 Å². The molecule has 0 bridgehead atoms. The Morgan fingerprint density at radius 3 is 2.45 bits per heavy atom. The Labute approximate surface area is 124 Å². The van der Waals surface area contributed by atoms with Gasteiger partial charge >= 0.3 is 0 Å². The summed E-state index contributed by atoms with van der Waals surface area (Å²) in [5.74, 6) is 8.01. The molecule has 20 heavy (non-hydrogen) atoms. The van der Waals surface area contributed by atoms with Crippen LogP contribution in [0.5, 0.6) is 0 Å². The Hall–Kier alpha value is -0.860. The van der Waals surface area contributed by atoms with E-state index >= 15 is 0 Å². The Kier molecular flexibility index (Phi) is 5.62. The molecule has 1 aromatic carbocycles. The van der Waals surface area contributed by atoms with Crippen LogP contribution < -0.4 is 11.3 Å². The van der Waals surface area contributed by atoms with Crippen molar-refractivity contribution in [2.24, 2.45) is 17.7 Å². The molecule has 0 spiro atoms. The van der Waals surface area contributed by atoms with Gasteiger partial charge in [-0.2, -0.15) is 0 Å². The molecule has 2 nitrogen and oxygen atoms in total. The lowest BCUT2D eigenvalue weighted by Gasteiger charge is -2.33. The fourth-order valence-corrected chi connectivity index (χ4v) is 3.50. The van der Waals surface area contributed by atoms with Crippen molar-refractivity contribution in [1.82, 2.24) is 5.43 Å². The molecule has 2 rings (SSSR count). The predicted molar refractivity (Wildman–Crippen MR) is 86.5 cm³/mol. The first kappa shape index (κ1) is 15.5. The van der Waals surface area contributed by atoms with Crippen molar-refractivity contribution in [2.45, 2.75) is 64.8 Å². The molecule has 3 unspecified atom stereocenters. The highest BCUT2D eigenvalue weighted by molar-refractivity contribution is 5.25. The van der Waals surface area contributed by atoms with Crippen LogP contribution in [0.25, 0.3) is 0 Å². The minimum atomic E-state index is 0.419. The van der Waals surface area contributed by atoms with Gasteiger partial charge in [0.1, 0.15) is 0 Å². The van der Waals surface area contributed by atoms with Gasteiger partial charge in [0.05, 0.1) is 0 Å². The van der Waals surface area contributed by atoms with E-state index < -0.39 is 0 Å². The Morgan fingerprint density at radius 2 is 1.90 bits per heavy atom. The molecule has 1 saturated carbocycles. The van der Waals surface area contributed by atoms with E-state index in [-0.39, 0.29) is 0 Å². The number of hydrogen-bond donors (Lipinski definition) is 2. The van der Waals surface area contributed by atoms with Crippen molar-refractivity contribution in [3.8, 4) is 0 Å². The first-order valence-electron chi connectivity index (χ1n) is 8.15. The standard InChI is InChI=1S/C18H30N2/c1-13(2)16-9-7-15(8-10-16)12-18(20-19)17-6-4-5-14(3)11-17/h7-10,13-14,17-18,20H,4-6,11-12,19H2,1-3H3. The second-order valence-corrected chi connectivity index (χ2v) is 6.91. The summed E-state index contributed by atoms with van der Waals surface area (Å²) < 4.78 is 0. The molecule has 1 aliphatic carbocycles. The molecule has 0 aromatic heterocycles. The lowest BCUT2D eigenvalue weighted by Crippen LogP contribution is -2.43. The van der Waals surface area contributed by atoms with Crippen LogP contribution >= 0.6 is 0 Å². The lowest BCUT2D eigenvalue weighted by molar-refractivity contribution is 0.222. The quantitative estimate of drug-likeness (QED) is 0.629. The molecule has 0 saturated heterocycles. The molecule has 1 aliphatic rings. The highest BCUT2D eigenvalue weighted by Crippen LogP contribution is 2.31. The van der Waals surface area contributed by atoms with Crippen molar-refractivity contribution in [3.63, 3.8) is 0 Å². The molecule has 0 heterocycles. The predicted octanol–water partition coefficient (Wildman–Crippen LogP) is 4.01. The Bertz CT molecular complexity index is 396. The summed E-state index contributed by atoms with van der Waals surface area (Å²) in [5.41, 5.74) is 5.89. The fourth-order valence-electron chi connectivity index (χ4n) is 3.50. The van der Waals surface area contributed by atoms with Crippen molar-refractivity contribution < 1.29 is 0 Å². The second-order valence-electron chi connectivity index (χ2n) is 6.91. The van der Waals surface area contributed by atoms with E-state index in [9.17, 15) is 0 Å². The first-order chi connectivity index (χ1) is 9.60. The zero-order valence-electron chi connectivity index (χ0n) is 13.2. The maximum atomic E-state index is 5.83. The number of nitrogens with one attached hydrogen (secondary N) is 1. The number of nitrogens with two attached hydrogens (primary N) is 1. The molecule has 0 radical (unpaired) electrons. The van der Waals surface area contributed by atoms with Gasteiger partial charge in [-0.15, -0.1) is 0 Å². The third-order valence-electron chi connectivity index (χ3n) is 4.86. The summed E-state index contributed by atoms with van der Waals surface area (Å²) in [6.45, 7) is 6.85. The monoisotopic (exact) mass is 274 g/mol. The molecule has 112 valence electrons. The van der Waals surface area contributed by atoms with Gasteiger partial charge in [-0.25, -0.2) is 0 Å². The number of rotatable bonds is 5. The van der Waals surface area contributed by atoms with Crippen LogP contribution in [0.1, 0.15) is 63.5 Å². The Morgan fingerprint density at radius 1 is 1.20 bits per heavy atom. The van der Waals surface area contributed by atoms with Gasteiger partial charge in [0, 0.05) is 6.04 Å². The average molecular weight is 274 g/mol. The number of benzene rings is 1. The van der Waals surface area contributed by atoms with E-state index in [1.54, 1.807) is 0 Å². The largest absolute Gasteiger partial charge is 0.271 e. The molecule has 0 amide bonds. The van der Waals surface area contributed by atoms with Crippen molar-refractivity contribution in [2.75, 3.05) is 0 Å². The Balaban J connectivity index is 1.98. The van der Waals surface area contributed by atoms with Crippen LogP contribution in [-0.2, 0) is 6.42 Å². The van der Waals surface area contributed by atoms with Crippen molar-refractivity contribution >= 4 is 0 Å². The number of hydrogen-bond acceptors (Lipinski definition) is 2. The highest BCUT2D eigenvalue weighted by Gasteiger charge is 2.26. The van der Waals surface area contributed by atoms with Crippen molar-refractivity contribution in [3.05, 3.63) is 35.4 Å². The van der Waals surface area contributed by atoms with E-state index in [0.29, 0.717) is 12.0 Å². The molecule has 1 aromatic rings. The molecule has 3 atom stereocenters. The van der Waals surface area contributed by atoms with Gasteiger partial charge < -0.3 is 0 Å². The summed E-state index contributed by atoms with van der Waals surface area (Å²) in [6.07, 6.45) is 6.43. The molecule has 2 heteroatoms. The summed E-state index contributed by atoms with van der Waals surface area (Å²) >= 11 is 0. The van der Waals surface area contributed by atoms with Crippen LogP contribution in [0.3, 0.4) is 0 Å². The van der Waals surface area contributed by atoms with Gasteiger partial charge in [-0.3, -0.25) is 11.3 Å². The SMILES string of the molecule is CC1CCCC(C(Cc2ccc(C(C)C)cc2)NN)C1. The molecular formula is C18H30N2. The zero-order chi connectivity index (χ0) is 14.5. The molecule has 1 fully saturated rings. The van der Waals surface area contributed by atoms with Gasteiger partial charge in [0.2, 0.25) is 0 Å². The normalized spacial score (nSPS) is 24.9. The van der Waals surface area contributed by atoms with Gasteiger partial charge in [-0.05, 0) is 48.1 Å². The van der Waals surface area contributed by atoms with E-state index in [0.717, 1.165) is 18.3 Å². The van der Waals surface area contributed by atoms with Crippen LogP contribution in [-0.4, -0.2) is 6.04 Å². The van der Waals surface area contributed by atoms with Crippen LogP contribution in [0.4, 0.5) is 0 Å². The van der Waals surface area contributed by atoms with E-state index in [4.69, 9.17) is 5.84 Å². The maximum absolute atomic E-state index is 5.83. The highest BCUT2D eigenvalue weighted by atomic mass is 15.2. The summed E-state index contributed by atoms with van der Waals surface area (Å²) in [4.78, 5) is 0. The first-order valence-corrected chi connectivity index (χ1v) is 8.15. The molecular weight excluding hydrogens is 244 g/mol. The maximum Gasteiger partial charge on any atom is 0.0279 e. The van der Waals surface area contributed by atoms with E-state index in [1.807, 2.05) is 0 Å². The van der Waals surface area contributed by atoms with Gasteiger partial charge in [-0.1, -0.05) is 57.9 Å². The van der Waals surface area contributed by atoms with Crippen molar-refractivity contribution in [1.29, 1.82) is 0 Å². The van der Waals surface area contributed by atoms with Gasteiger partial charge in [0.15, 0.2) is 0 Å². The topological polar surface area (TPSA) is 38.0 Å². The summed E-state index contributed by atoms with van der Waals surface area (Å²) in [5, 5.41) is 0. The number of hydrazine groups is 1. The molecule has 3 N–H and O–H groups in total. The summed E-state index contributed by atoms with van der Waals surface area (Å²) in [6, 6.07) is 9.48. The van der Waals surface area contributed by atoms with Crippen LogP contribution in [0, 0.1) is 11.8 Å². The van der Waals surface area contributed by atoms with E-state index in [1.165, 1.54) is 36.8 Å². The minimum absolute atomic E-state index is 0.419. The second kappa shape index (κ2) is 7.24. The third kappa shape index (κ3) is 4.07. The third-order valence-corrected chi connectivity index (χ3v) is 4.86. The molecule has 0 aliphatic heterocycles. The average Bonchev–Trinajstić information content (AvgIpc) is 2.45.